The van der Waals surface area contributed by atoms with Crippen molar-refractivity contribution in [3.8, 4) is 0 Å². The van der Waals surface area contributed by atoms with Gasteiger partial charge in [0.25, 0.3) is 0 Å². The minimum Gasteiger partial charge on any atom is -0.460 e. The molecule has 0 aliphatic heterocycles. The van der Waals surface area contributed by atoms with Crippen molar-refractivity contribution >= 4 is 11.9 Å². The molecule has 2 N–H and O–H groups in total. The van der Waals surface area contributed by atoms with E-state index in [1.807, 2.05) is 27.8 Å². The van der Waals surface area contributed by atoms with E-state index in [-0.39, 0.29) is 18.3 Å². The quantitative estimate of drug-likeness (QED) is 0.423. The molecule has 0 saturated heterocycles. The summed E-state index contributed by atoms with van der Waals surface area (Å²) in [6.45, 7) is 7.69. The number of carbonyl (C=O) groups is 2. The van der Waals surface area contributed by atoms with Crippen LogP contribution in [0.1, 0.15) is 52.9 Å². The van der Waals surface area contributed by atoms with E-state index in [0.717, 1.165) is 25.8 Å². The molecule has 0 atom stereocenters. The minimum atomic E-state index is -0.460. The van der Waals surface area contributed by atoms with Gasteiger partial charge in [-0.25, -0.2) is 0 Å². The molecule has 1 amide bonds. The summed E-state index contributed by atoms with van der Waals surface area (Å²) >= 11 is 0. The second-order valence-electron chi connectivity index (χ2n) is 6.21. The van der Waals surface area contributed by atoms with Crippen LogP contribution < -0.4 is 10.6 Å². The summed E-state index contributed by atoms with van der Waals surface area (Å²) in [5, 5.41) is 5.88. The van der Waals surface area contributed by atoms with Gasteiger partial charge in [-0.2, -0.15) is 0 Å². The maximum absolute atomic E-state index is 11.5. The lowest BCUT2D eigenvalue weighted by Crippen LogP contribution is -2.28. The van der Waals surface area contributed by atoms with Crippen LogP contribution in [0.25, 0.3) is 0 Å². The minimum absolute atomic E-state index is 0.0557. The number of unbranched alkanes of at least 4 members (excludes halogenated alkanes) is 2. The van der Waals surface area contributed by atoms with Crippen LogP contribution in [0.2, 0.25) is 0 Å². The molecule has 0 spiro atoms. The van der Waals surface area contributed by atoms with Crippen LogP contribution in [-0.4, -0.2) is 50.8 Å². The Hall–Kier alpha value is -1.14. The maximum atomic E-state index is 11.5. The third-order valence-electron chi connectivity index (χ3n) is 2.77. The number of amides is 1. The van der Waals surface area contributed by atoms with Crippen molar-refractivity contribution in [2.24, 2.45) is 0 Å². The first-order valence-electron chi connectivity index (χ1n) is 8.06. The summed E-state index contributed by atoms with van der Waals surface area (Å²) in [5.74, 6) is -0.210. The predicted molar refractivity (Wildman–Crippen MR) is 86.7 cm³/mol. The second kappa shape index (κ2) is 12.4. The lowest BCUT2D eigenvalue weighted by molar-refractivity contribution is -0.156. The predicted octanol–water partition coefficient (Wildman–Crippen LogP) is 1.63. The number of nitrogens with one attached hydrogen (secondary N) is 2. The summed E-state index contributed by atoms with van der Waals surface area (Å²) in [4.78, 5) is 22.9. The van der Waals surface area contributed by atoms with Crippen molar-refractivity contribution in [3.05, 3.63) is 0 Å². The lowest BCUT2D eigenvalue weighted by atomic mass is 10.2. The Bertz CT molecular complexity index is 314. The Balaban J connectivity index is 3.38. The topological polar surface area (TPSA) is 76.7 Å². The molecule has 0 aromatic heterocycles. The fourth-order valence-corrected chi connectivity index (χ4v) is 1.77. The van der Waals surface area contributed by atoms with Crippen LogP contribution in [0.15, 0.2) is 0 Å². The van der Waals surface area contributed by atoms with Gasteiger partial charge in [-0.3, -0.25) is 9.59 Å². The van der Waals surface area contributed by atoms with Crippen LogP contribution >= 0.6 is 0 Å². The van der Waals surface area contributed by atoms with Gasteiger partial charge in [0.05, 0.1) is 19.6 Å². The zero-order valence-electron chi connectivity index (χ0n) is 14.5. The van der Waals surface area contributed by atoms with Crippen LogP contribution in [0.5, 0.6) is 0 Å². The first-order chi connectivity index (χ1) is 10.3. The summed E-state index contributed by atoms with van der Waals surface area (Å²) in [6, 6.07) is 0. The zero-order chi connectivity index (χ0) is 16.8. The van der Waals surface area contributed by atoms with Crippen molar-refractivity contribution in [2.45, 2.75) is 58.5 Å². The van der Waals surface area contributed by atoms with E-state index in [1.54, 1.807) is 0 Å². The van der Waals surface area contributed by atoms with Gasteiger partial charge in [-0.05, 0) is 47.2 Å². The Morgan fingerprint density at radius 2 is 1.68 bits per heavy atom. The largest absolute Gasteiger partial charge is 0.460 e. The molecule has 0 bridgehead atoms. The SMILES string of the molecule is CNCCCCCC(=O)NCCOCCC(=O)OC(C)(C)C. The molecule has 0 radical (unpaired) electrons. The van der Waals surface area contributed by atoms with Gasteiger partial charge < -0.3 is 20.1 Å². The highest BCUT2D eigenvalue weighted by Gasteiger charge is 2.15. The summed E-state index contributed by atoms with van der Waals surface area (Å²) in [7, 11) is 1.93. The van der Waals surface area contributed by atoms with Crippen LogP contribution in [-0.2, 0) is 19.1 Å². The molecule has 0 aliphatic rings. The zero-order valence-corrected chi connectivity index (χ0v) is 14.5. The average Bonchev–Trinajstić information content (AvgIpc) is 2.40. The van der Waals surface area contributed by atoms with Gasteiger partial charge in [-0.15, -0.1) is 0 Å². The maximum Gasteiger partial charge on any atom is 0.308 e. The highest BCUT2D eigenvalue weighted by Crippen LogP contribution is 2.07. The first-order valence-corrected chi connectivity index (χ1v) is 8.06. The molecule has 130 valence electrons. The molecular formula is C16H32N2O4. The van der Waals surface area contributed by atoms with Crippen molar-refractivity contribution < 1.29 is 19.1 Å². The number of esters is 1. The van der Waals surface area contributed by atoms with E-state index >= 15 is 0 Å². The molecule has 6 heteroatoms. The fourth-order valence-electron chi connectivity index (χ4n) is 1.77. The van der Waals surface area contributed by atoms with E-state index in [4.69, 9.17) is 9.47 Å². The Morgan fingerprint density at radius 1 is 0.955 bits per heavy atom. The van der Waals surface area contributed by atoms with Gasteiger partial charge in [-0.1, -0.05) is 6.42 Å². The molecule has 22 heavy (non-hydrogen) atoms. The molecule has 0 aliphatic carbocycles. The van der Waals surface area contributed by atoms with E-state index in [9.17, 15) is 9.59 Å². The molecule has 0 unspecified atom stereocenters. The van der Waals surface area contributed by atoms with E-state index in [1.165, 1.54) is 0 Å². The number of carbonyl (C=O) groups excluding carboxylic acids is 2. The number of rotatable bonds is 12. The summed E-state index contributed by atoms with van der Waals surface area (Å²) in [5.41, 5.74) is -0.460. The molecule has 0 aromatic rings. The summed E-state index contributed by atoms with van der Waals surface area (Å²) < 4.78 is 10.5. The number of ether oxygens (including phenoxy) is 2. The fraction of sp³-hybridized carbons (Fsp3) is 0.875. The van der Waals surface area contributed by atoms with E-state index in [0.29, 0.717) is 26.2 Å². The highest BCUT2D eigenvalue weighted by atomic mass is 16.6. The lowest BCUT2D eigenvalue weighted by Gasteiger charge is -2.19. The van der Waals surface area contributed by atoms with Crippen molar-refractivity contribution in [1.82, 2.24) is 10.6 Å². The van der Waals surface area contributed by atoms with Crippen molar-refractivity contribution in [2.75, 3.05) is 33.4 Å². The highest BCUT2D eigenvalue weighted by molar-refractivity contribution is 5.75. The second-order valence-corrected chi connectivity index (χ2v) is 6.21. The van der Waals surface area contributed by atoms with Crippen molar-refractivity contribution in [3.63, 3.8) is 0 Å². The molecule has 0 saturated carbocycles. The Labute approximate surface area is 134 Å². The molecule has 0 aromatic carbocycles. The molecular weight excluding hydrogens is 284 g/mol. The van der Waals surface area contributed by atoms with Gasteiger partial charge in [0, 0.05) is 13.0 Å². The van der Waals surface area contributed by atoms with Gasteiger partial charge >= 0.3 is 5.97 Å². The van der Waals surface area contributed by atoms with Crippen molar-refractivity contribution in [1.29, 1.82) is 0 Å². The van der Waals surface area contributed by atoms with Gasteiger partial charge in [0.15, 0.2) is 0 Å². The third kappa shape index (κ3) is 15.3. The normalized spacial score (nSPS) is 11.3. The third-order valence-corrected chi connectivity index (χ3v) is 2.77. The van der Waals surface area contributed by atoms with E-state index in [2.05, 4.69) is 10.6 Å². The standard InChI is InChI=1S/C16H32N2O4/c1-16(2,3)22-15(20)9-12-21-13-11-18-14(19)8-6-5-7-10-17-4/h17H,5-13H2,1-4H3,(H,18,19). The van der Waals surface area contributed by atoms with Gasteiger partial charge in [0.1, 0.15) is 5.60 Å². The Kier molecular flexibility index (Phi) is 11.8. The molecule has 6 nitrogen and oxygen atoms in total. The first kappa shape index (κ1) is 20.9. The van der Waals surface area contributed by atoms with Crippen LogP contribution in [0, 0.1) is 0 Å². The summed E-state index contributed by atoms with van der Waals surface area (Å²) in [6.07, 6.45) is 3.85. The van der Waals surface area contributed by atoms with Crippen LogP contribution in [0.4, 0.5) is 0 Å². The Morgan fingerprint density at radius 3 is 2.32 bits per heavy atom. The molecule has 0 rings (SSSR count). The number of hydrogen-bond acceptors (Lipinski definition) is 5. The van der Waals surface area contributed by atoms with Crippen LogP contribution in [0.3, 0.4) is 0 Å². The average molecular weight is 316 g/mol. The number of hydrogen-bond donors (Lipinski definition) is 2. The van der Waals surface area contributed by atoms with Gasteiger partial charge in [0.2, 0.25) is 5.91 Å². The molecule has 0 heterocycles. The van der Waals surface area contributed by atoms with E-state index < -0.39 is 5.60 Å². The monoisotopic (exact) mass is 316 g/mol. The molecule has 0 fully saturated rings. The smallest absolute Gasteiger partial charge is 0.308 e.